The molecule has 0 spiro atoms. The topological polar surface area (TPSA) is 98.2 Å². The lowest BCUT2D eigenvalue weighted by atomic mass is 10.1. The Morgan fingerprint density at radius 3 is 2.56 bits per heavy atom. The highest BCUT2D eigenvalue weighted by Gasteiger charge is 2.10. The van der Waals surface area contributed by atoms with Gasteiger partial charge in [-0.3, -0.25) is 9.59 Å². The van der Waals surface area contributed by atoms with Crippen LogP contribution in [0.5, 0.6) is 0 Å². The van der Waals surface area contributed by atoms with E-state index in [1.807, 2.05) is 0 Å². The van der Waals surface area contributed by atoms with E-state index in [1.165, 1.54) is 6.07 Å². The molecule has 5 heteroatoms. The zero-order valence-corrected chi connectivity index (χ0v) is 9.07. The van der Waals surface area contributed by atoms with Crippen LogP contribution in [0.15, 0.2) is 24.3 Å². The Bertz CT molecular complexity index is 404. The molecule has 2 amide bonds. The summed E-state index contributed by atoms with van der Waals surface area (Å²) in [5.74, 6) is -0.817. The van der Waals surface area contributed by atoms with Gasteiger partial charge in [0.15, 0.2) is 0 Å². The van der Waals surface area contributed by atoms with Crippen LogP contribution in [0.4, 0.5) is 0 Å². The molecule has 86 valence electrons. The highest BCUT2D eigenvalue weighted by molar-refractivity contribution is 5.99. The standard InChI is InChI=1S/C11H15N3O2/c1-7(6-12)14-11(16)9-4-2-3-8(5-9)10(13)15/h2-5,7H,6,12H2,1H3,(H2,13,15)(H,14,16)/t7-/m1/s1. The molecular formula is C11H15N3O2. The molecule has 1 rings (SSSR count). The van der Waals surface area contributed by atoms with Crippen LogP contribution in [0.25, 0.3) is 0 Å². The molecule has 0 unspecified atom stereocenters. The van der Waals surface area contributed by atoms with Crippen LogP contribution in [-0.4, -0.2) is 24.4 Å². The van der Waals surface area contributed by atoms with Crippen molar-refractivity contribution in [1.29, 1.82) is 0 Å². The largest absolute Gasteiger partial charge is 0.366 e. The van der Waals surface area contributed by atoms with Crippen LogP contribution < -0.4 is 16.8 Å². The highest BCUT2D eigenvalue weighted by Crippen LogP contribution is 2.04. The fourth-order valence-electron chi connectivity index (χ4n) is 1.18. The monoisotopic (exact) mass is 221 g/mol. The fourth-order valence-corrected chi connectivity index (χ4v) is 1.18. The Kier molecular flexibility index (Phi) is 4.02. The number of hydrogen-bond acceptors (Lipinski definition) is 3. The van der Waals surface area contributed by atoms with Crippen LogP contribution in [-0.2, 0) is 0 Å². The smallest absolute Gasteiger partial charge is 0.251 e. The number of nitrogens with one attached hydrogen (secondary N) is 1. The Hall–Kier alpha value is -1.88. The number of carbonyl (C=O) groups excluding carboxylic acids is 2. The van der Waals surface area contributed by atoms with Gasteiger partial charge in [-0.2, -0.15) is 0 Å². The third-order valence-electron chi connectivity index (χ3n) is 2.14. The summed E-state index contributed by atoms with van der Waals surface area (Å²) < 4.78 is 0. The molecule has 0 heterocycles. The second-order valence-corrected chi connectivity index (χ2v) is 3.56. The minimum atomic E-state index is -0.554. The molecular weight excluding hydrogens is 206 g/mol. The molecule has 16 heavy (non-hydrogen) atoms. The summed E-state index contributed by atoms with van der Waals surface area (Å²) in [6.07, 6.45) is 0. The maximum absolute atomic E-state index is 11.7. The molecule has 0 fully saturated rings. The molecule has 0 radical (unpaired) electrons. The van der Waals surface area contributed by atoms with Gasteiger partial charge in [0.2, 0.25) is 5.91 Å². The Balaban J connectivity index is 2.83. The molecule has 0 aromatic heterocycles. The summed E-state index contributed by atoms with van der Waals surface area (Å²) >= 11 is 0. The van der Waals surface area contributed by atoms with Gasteiger partial charge in [-0.25, -0.2) is 0 Å². The summed E-state index contributed by atoms with van der Waals surface area (Å²) in [5, 5.41) is 2.70. The summed E-state index contributed by atoms with van der Waals surface area (Å²) in [7, 11) is 0. The van der Waals surface area contributed by atoms with Crippen molar-refractivity contribution in [3.63, 3.8) is 0 Å². The number of rotatable bonds is 4. The van der Waals surface area contributed by atoms with E-state index in [0.29, 0.717) is 17.7 Å². The predicted octanol–water partition coefficient (Wildman–Crippen LogP) is -0.137. The van der Waals surface area contributed by atoms with E-state index in [2.05, 4.69) is 5.32 Å². The summed E-state index contributed by atoms with van der Waals surface area (Å²) in [4.78, 5) is 22.6. The van der Waals surface area contributed by atoms with Gasteiger partial charge in [-0.15, -0.1) is 0 Å². The van der Waals surface area contributed by atoms with E-state index in [-0.39, 0.29) is 11.9 Å². The molecule has 0 bridgehead atoms. The van der Waals surface area contributed by atoms with Crippen molar-refractivity contribution in [3.8, 4) is 0 Å². The van der Waals surface area contributed by atoms with Crippen LogP contribution in [0.3, 0.4) is 0 Å². The van der Waals surface area contributed by atoms with E-state index in [9.17, 15) is 9.59 Å². The van der Waals surface area contributed by atoms with Gasteiger partial charge in [0.1, 0.15) is 0 Å². The molecule has 1 aromatic carbocycles. The maximum atomic E-state index is 11.7. The van der Waals surface area contributed by atoms with Crippen molar-refractivity contribution in [2.24, 2.45) is 11.5 Å². The van der Waals surface area contributed by atoms with Gasteiger partial charge in [0.05, 0.1) is 0 Å². The van der Waals surface area contributed by atoms with E-state index in [0.717, 1.165) is 0 Å². The minimum absolute atomic E-state index is 0.107. The first-order valence-corrected chi connectivity index (χ1v) is 4.95. The number of hydrogen-bond donors (Lipinski definition) is 3. The average molecular weight is 221 g/mol. The molecule has 0 aliphatic heterocycles. The van der Waals surface area contributed by atoms with Crippen LogP contribution >= 0.6 is 0 Å². The van der Waals surface area contributed by atoms with Crippen molar-refractivity contribution in [3.05, 3.63) is 35.4 Å². The SMILES string of the molecule is C[C@H](CN)NC(=O)c1cccc(C(N)=O)c1. The average Bonchev–Trinajstić information content (AvgIpc) is 2.28. The first-order chi connectivity index (χ1) is 7.54. The molecule has 0 aliphatic carbocycles. The Morgan fingerprint density at radius 2 is 2.00 bits per heavy atom. The van der Waals surface area contributed by atoms with Crippen molar-refractivity contribution < 1.29 is 9.59 Å². The summed E-state index contributed by atoms with van der Waals surface area (Å²) in [6.45, 7) is 2.16. The van der Waals surface area contributed by atoms with Crippen LogP contribution in [0.1, 0.15) is 27.6 Å². The predicted molar refractivity (Wildman–Crippen MR) is 60.9 cm³/mol. The second kappa shape index (κ2) is 5.27. The molecule has 1 atom stereocenters. The fraction of sp³-hybridized carbons (Fsp3) is 0.273. The van der Waals surface area contributed by atoms with Gasteiger partial charge in [-0.1, -0.05) is 6.07 Å². The van der Waals surface area contributed by atoms with E-state index < -0.39 is 5.91 Å². The van der Waals surface area contributed by atoms with Gasteiger partial charge in [0.25, 0.3) is 5.91 Å². The molecule has 5 nitrogen and oxygen atoms in total. The van der Waals surface area contributed by atoms with Crippen molar-refractivity contribution >= 4 is 11.8 Å². The number of primary amides is 1. The number of amides is 2. The first kappa shape index (κ1) is 12.2. The molecule has 5 N–H and O–H groups in total. The zero-order chi connectivity index (χ0) is 12.1. The second-order valence-electron chi connectivity index (χ2n) is 3.56. The Labute approximate surface area is 93.8 Å². The minimum Gasteiger partial charge on any atom is -0.366 e. The quantitative estimate of drug-likeness (QED) is 0.660. The highest BCUT2D eigenvalue weighted by atomic mass is 16.2. The van der Waals surface area contributed by atoms with Gasteiger partial charge < -0.3 is 16.8 Å². The zero-order valence-electron chi connectivity index (χ0n) is 9.07. The lowest BCUT2D eigenvalue weighted by molar-refractivity contribution is 0.0941. The summed E-state index contributed by atoms with van der Waals surface area (Å²) in [5.41, 5.74) is 11.2. The van der Waals surface area contributed by atoms with Gasteiger partial charge >= 0.3 is 0 Å². The normalized spacial score (nSPS) is 11.9. The van der Waals surface area contributed by atoms with E-state index >= 15 is 0 Å². The van der Waals surface area contributed by atoms with Crippen molar-refractivity contribution in [2.45, 2.75) is 13.0 Å². The number of benzene rings is 1. The molecule has 0 aliphatic rings. The molecule has 0 saturated heterocycles. The summed E-state index contributed by atoms with van der Waals surface area (Å²) in [6, 6.07) is 6.14. The van der Waals surface area contributed by atoms with Gasteiger partial charge in [0, 0.05) is 23.7 Å². The molecule has 1 aromatic rings. The van der Waals surface area contributed by atoms with E-state index in [1.54, 1.807) is 25.1 Å². The number of carbonyl (C=O) groups is 2. The molecule has 0 saturated carbocycles. The third-order valence-corrected chi connectivity index (χ3v) is 2.14. The van der Waals surface area contributed by atoms with Crippen molar-refractivity contribution in [2.75, 3.05) is 6.54 Å². The van der Waals surface area contributed by atoms with Gasteiger partial charge in [-0.05, 0) is 25.1 Å². The van der Waals surface area contributed by atoms with Crippen LogP contribution in [0, 0.1) is 0 Å². The maximum Gasteiger partial charge on any atom is 0.251 e. The lowest BCUT2D eigenvalue weighted by Gasteiger charge is -2.11. The Morgan fingerprint density at radius 1 is 1.38 bits per heavy atom. The number of nitrogens with two attached hydrogens (primary N) is 2. The van der Waals surface area contributed by atoms with Crippen LogP contribution in [0.2, 0.25) is 0 Å². The van der Waals surface area contributed by atoms with Crippen molar-refractivity contribution in [1.82, 2.24) is 5.32 Å². The first-order valence-electron chi connectivity index (χ1n) is 4.95. The third kappa shape index (κ3) is 3.06. The van der Waals surface area contributed by atoms with E-state index in [4.69, 9.17) is 11.5 Å². The lowest BCUT2D eigenvalue weighted by Crippen LogP contribution is -2.37.